The van der Waals surface area contributed by atoms with Gasteiger partial charge in [0, 0.05) is 0 Å². The van der Waals surface area contributed by atoms with Gasteiger partial charge in [-0.05, 0) is 0 Å². The lowest BCUT2D eigenvalue weighted by Gasteiger charge is -2.13. The Kier molecular flexibility index (Phi) is 4.13. The molecule has 1 unspecified atom stereocenters. The Hall–Kier alpha value is 0.0169. The lowest BCUT2D eigenvalue weighted by atomic mass is 10.4. The summed E-state index contributed by atoms with van der Waals surface area (Å²) in [5.74, 6) is 0. The van der Waals surface area contributed by atoms with Gasteiger partial charge < -0.3 is 0 Å². The number of rotatable bonds is 3. The van der Waals surface area contributed by atoms with Gasteiger partial charge in [0.05, 0.1) is 4.46 Å². The molecule has 0 fully saturated rings. The molecule has 1 aromatic rings. The third-order valence-electron chi connectivity index (χ3n) is 1.97. The van der Waals surface area contributed by atoms with Gasteiger partial charge in [0.1, 0.15) is 8.80 Å². The third kappa shape index (κ3) is 2.51. The Bertz CT molecular complexity index is 223. The van der Waals surface area contributed by atoms with Crippen LogP contribution in [-0.4, -0.2) is 13.3 Å². The molecule has 66 valence electrons. The van der Waals surface area contributed by atoms with Crippen molar-refractivity contribution in [2.75, 3.05) is 0 Å². The van der Waals surface area contributed by atoms with E-state index in [9.17, 15) is 0 Å². The van der Waals surface area contributed by atoms with Crippen molar-refractivity contribution in [1.82, 2.24) is 0 Å². The van der Waals surface area contributed by atoms with Crippen LogP contribution < -0.4 is 5.19 Å². The Labute approximate surface area is 85.1 Å². The van der Waals surface area contributed by atoms with Crippen molar-refractivity contribution < 1.29 is 0 Å². The summed E-state index contributed by atoms with van der Waals surface area (Å²) < 4.78 is -0.169. The summed E-state index contributed by atoms with van der Waals surface area (Å²) in [6.07, 6.45) is 0. The van der Waals surface area contributed by atoms with Gasteiger partial charge in [0.15, 0.2) is 0 Å². The van der Waals surface area contributed by atoms with E-state index in [1.807, 2.05) is 18.2 Å². The van der Waals surface area contributed by atoms with Gasteiger partial charge in [-0.25, -0.2) is 0 Å². The fraction of sp³-hybridized carbons (Fsp3) is 0.333. The monoisotopic (exact) mass is 218 g/mol. The standard InChI is InChI=1S/C9H12Cl2Si/c1-2-12(9(10)11)8-6-4-3-5-7-8/h3-7,9,12H,2H2,1H3. The zero-order valence-corrected chi connectivity index (χ0v) is 9.67. The molecule has 0 amide bonds. The van der Waals surface area contributed by atoms with Crippen molar-refractivity contribution in [2.24, 2.45) is 0 Å². The van der Waals surface area contributed by atoms with Crippen LogP contribution in [-0.2, 0) is 0 Å². The van der Waals surface area contributed by atoms with Crippen LogP contribution in [0.4, 0.5) is 0 Å². The Morgan fingerprint density at radius 3 is 2.25 bits per heavy atom. The van der Waals surface area contributed by atoms with Crippen molar-refractivity contribution >= 4 is 37.2 Å². The molecule has 0 aliphatic carbocycles. The summed E-state index contributed by atoms with van der Waals surface area (Å²) in [6.45, 7) is 2.15. The van der Waals surface area contributed by atoms with Crippen molar-refractivity contribution in [3.8, 4) is 0 Å². The van der Waals surface area contributed by atoms with Crippen molar-refractivity contribution in [3.05, 3.63) is 30.3 Å². The van der Waals surface area contributed by atoms with Gasteiger partial charge in [0.25, 0.3) is 0 Å². The highest BCUT2D eigenvalue weighted by atomic mass is 35.5. The molecule has 1 aromatic carbocycles. The lowest BCUT2D eigenvalue weighted by molar-refractivity contribution is 1.40. The summed E-state index contributed by atoms with van der Waals surface area (Å²) in [5, 5.41) is 1.36. The number of hydrogen-bond acceptors (Lipinski definition) is 0. The number of halogens is 2. The average molecular weight is 219 g/mol. The van der Waals surface area contributed by atoms with Gasteiger partial charge in [-0.3, -0.25) is 0 Å². The van der Waals surface area contributed by atoms with E-state index in [0.717, 1.165) is 6.04 Å². The molecule has 0 bridgehead atoms. The second kappa shape index (κ2) is 4.90. The second-order valence-corrected chi connectivity index (χ2v) is 8.13. The second-order valence-electron chi connectivity index (χ2n) is 2.76. The smallest absolute Gasteiger partial charge is 0.109 e. The van der Waals surface area contributed by atoms with Crippen LogP contribution in [0.1, 0.15) is 6.92 Å². The van der Waals surface area contributed by atoms with Crippen LogP contribution in [0, 0.1) is 0 Å². The van der Waals surface area contributed by atoms with Crippen molar-refractivity contribution in [1.29, 1.82) is 0 Å². The molecular weight excluding hydrogens is 207 g/mol. The number of alkyl halides is 2. The first kappa shape index (κ1) is 10.1. The highest BCUT2D eigenvalue weighted by Crippen LogP contribution is 2.10. The SMILES string of the molecule is CC[SiH](c1ccccc1)C(Cl)Cl. The lowest BCUT2D eigenvalue weighted by Crippen LogP contribution is -2.35. The molecule has 0 saturated carbocycles. The Morgan fingerprint density at radius 1 is 1.25 bits per heavy atom. The maximum atomic E-state index is 5.91. The first-order chi connectivity index (χ1) is 5.75. The molecule has 0 aliphatic heterocycles. The fourth-order valence-corrected chi connectivity index (χ4v) is 5.04. The molecular formula is C9H12Cl2Si. The normalized spacial score (nSPS) is 13.3. The first-order valence-electron chi connectivity index (χ1n) is 4.08. The van der Waals surface area contributed by atoms with Gasteiger partial charge in [-0.15, -0.1) is 23.2 Å². The summed E-state index contributed by atoms with van der Waals surface area (Å²) in [7, 11) is -1.11. The van der Waals surface area contributed by atoms with E-state index in [2.05, 4.69) is 19.1 Å². The summed E-state index contributed by atoms with van der Waals surface area (Å²) >= 11 is 11.8. The van der Waals surface area contributed by atoms with Crippen LogP contribution in [0.15, 0.2) is 30.3 Å². The van der Waals surface area contributed by atoms with Crippen LogP contribution >= 0.6 is 23.2 Å². The molecule has 0 N–H and O–H groups in total. The van der Waals surface area contributed by atoms with Crippen LogP contribution in [0.3, 0.4) is 0 Å². The molecule has 0 saturated heterocycles. The molecule has 0 spiro atoms. The van der Waals surface area contributed by atoms with E-state index in [-0.39, 0.29) is 4.46 Å². The predicted octanol–water partition coefficient (Wildman–Crippen LogP) is 2.48. The van der Waals surface area contributed by atoms with Crippen LogP contribution in [0.5, 0.6) is 0 Å². The van der Waals surface area contributed by atoms with E-state index < -0.39 is 8.80 Å². The quantitative estimate of drug-likeness (QED) is 0.541. The molecule has 3 heteroatoms. The maximum absolute atomic E-state index is 5.91. The zero-order chi connectivity index (χ0) is 8.97. The molecule has 0 heterocycles. The van der Waals surface area contributed by atoms with Gasteiger partial charge in [0.2, 0.25) is 0 Å². The van der Waals surface area contributed by atoms with Gasteiger partial charge in [-0.2, -0.15) is 0 Å². The minimum atomic E-state index is -1.11. The highest BCUT2D eigenvalue weighted by molar-refractivity contribution is 6.88. The predicted molar refractivity (Wildman–Crippen MR) is 59.2 cm³/mol. The highest BCUT2D eigenvalue weighted by Gasteiger charge is 2.18. The van der Waals surface area contributed by atoms with E-state index in [4.69, 9.17) is 23.2 Å². The van der Waals surface area contributed by atoms with Crippen molar-refractivity contribution in [2.45, 2.75) is 17.4 Å². The molecule has 0 radical (unpaired) electrons. The summed E-state index contributed by atoms with van der Waals surface area (Å²) in [5.41, 5.74) is 0. The topological polar surface area (TPSA) is 0 Å². The van der Waals surface area contributed by atoms with E-state index in [1.54, 1.807) is 0 Å². The average Bonchev–Trinajstić information content (AvgIpc) is 2.07. The van der Waals surface area contributed by atoms with Crippen LogP contribution in [0.2, 0.25) is 6.04 Å². The number of hydrogen-bond donors (Lipinski definition) is 0. The van der Waals surface area contributed by atoms with Gasteiger partial charge in [-0.1, -0.05) is 48.5 Å². The molecule has 0 aromatic heterocycles. The first-order valence-corrected chi connectivity index (χ1v) is 7.02. The van der Waals surface area contributed by atoms with Crippen molar-refractivity contribution in [3.63, 3.8) is 0 Å². The minimum Gasteiger partial charge on any atom is -0.109 e. The molecule has 0 nitrogen and oxygen atoms in total. The summed E-state index contributed by atoms with van der Waals surface area (Å²) in [4.78, 5) is 0. The van der Waals surface area contributed by atoms with Crippen LogP contribution in [0.25, 0.3) is 0 Å². The molecule has 1 rings (SSSR count). The molecule has 1 atom stereocenters. The largest absolute Gasteiger partial charge is 0.109 e. The summed E-state index contributed by atoms with van der Waals surface area (Å²) in [6, 6.07) is 11.5. The molecule has 0 aliphatic rings. The third-order valence-corrected chi connectivity index (χ3v) is 6.53. The zero-order valence-electron chi connectivity index (χ0n) is 7.00. The molecule has 12 heavy (non-hydrogen) atoms. The maximum Gasteiger partial charge on any atom is 0.109 e. The van der Waals surface area contributed by atoms with E-state index >= 15 is 0 Å². The Balaban J connectivity index is 2.80. The van der Waals surface area contributed by atoms with E-state index in [0.29, 0.717) is 0 Å². The number of benzene rings is 1. The Morgan fingerprint density at radius 2 is 1.83 bits per heavy atom. The minimum absolute atomic E-state index is 0.169. The van der Waals surface area contributed by atoms with Gasteiger partial charge >= 0.3 is 0 Å². The van der Waals surface area contributed by atoms with E-state index in [1.165, 1.54) is 5.19 Å². The fourth-order valence-electron chi connectivity index (χ4n) is 1.26.